The standard InChI is InChI=1S/C15H21NO3/c1-3-18-12-7-5-11(6-8-12)13-9-16-10-14(13)15(17)19-4-2/h5-8,13-14,16H,3-4,9-10H2,1-2H3/t13-,14+/m0/s1. The highest BCUT2D eigenvalue weighted by Gasteiger charge is 2.34. The lowest BCUT2D eigenvalue weighted by Crippen LogP contribution is -2.24. The molecular formula is C15H21NO3. The molecule has 1 heterocycles. The van der Waals surface area contributed by atoms with Gasteiger partial charge in [0.05, 0.1) is 19.1 Å². The van der Waals surface area contributed by atoms with Gasteiger partial charge in [-0.05, 0) is 31.5 Å². The summed E-state index contributed by atoms with van der Waals surface area (Å²) < 4.78 is 10.6. The molecule has 1 saturated heterocycles. The first-order chi connectivity index (χ1) is 9.26. The molecule has 0 spiro atoms. The van der Waals surface area contributed by atoms with E-state index in [1.165, 1.54) is 0 Å². The quantitative estimate of drug-likeness (QED) is 0.825. The van der Waals surface area contributed by atoms with Crippen molar-refractivity contribution in [1.29, 1.82) is 0 Å². The van der Waals surface area contributed by atoms with Crippen molar-refractivity contribution in [3.8, 4) is 5.75 Å². The predicted octanol–water partition coefficient (Wildman–Crippen LogP) is 1.95. The molecule has 104 valence electrons. The van der Waals surface area contributed by atoms with Gasteiger partial charge in [0.15, 0.2) is 0 Å². The van der Waals surface area contributed by atoms with Gasteiger partial charge >= 0.3 is 5.97 Å². The zero-order chi connectivity index (χ0) is 13.7. The van der Waals surface area contributed by atoms with Crippen LogP contribution in [-0.2, 0) is 9.53 Å². The van der Waals surface area contributed by atoms with Crippen molar-refractivity contribution in [2.24, 2.45) is 5.92 Å². The van der Waals surface area contributed by atoms with Gasteiger partial charge in [-0.3, -0.25) is 4.79 Å². The first kappa shape index (κ1) is 13.9. The molecule has 0 aromatic heterocycles. The second-order valence-corrected chi connectivity index (χ2v) is 4.63. The second-order valence-electron chi connectivity index (χ2n) is 4.63. The van der Waals surface area contributed by atoms with Crippen LogP contribution in [0.3, 0.4) is 0 Å². The second kappa shape index (κ2) is 6.57. The van der Waals surface area contributed by atoms with Gasteiger partial charge in [-0.15, -0.1) is 0 Å². The lowest BCUT2D eigenvalue weighted by atomic mass is 9.89. The molecule has 1 aromatic rings. The van der Waals surface area contributed by atoms with E-state index in [4.69, 9.17) is 9.47 Å². The number of carbonyl (C=O) groups excluding carboxylic acids is 1. The highest BCUT2D eigenvalue weighted by molar-refractivity contribution is 5.74. The maximum Gasteiger partial charge on any atom is 0.310 e. The minimum atomic E-state index is -0.105. The number of carbonyl (C=O) groups is 1. The van der Waals surface area contributed by atoms with Crippen LogP contribution in [0.1, 0.15) is 25.3 Å². The zero-order valence-corrected chi connectivity index (χ0v) is 11.5. The van der Waals surface area contributed by atoms with E-state index in [1.807, 2.05) is 38.1 Å². The Balaban J connectivity index is 2.09. The van der Waals surface area contributed by atoms with Crippen molar-refractivity contribution in [3.05, 3.63) is 29.8 Å². The van der Waals surface area contributed by atoms with Crippen molar-refractivity contribution in [3.63, 3.8) is 0 Å². The third-order valence-corrected chi connectivity index (χ3v) is 3.42. The van der Waals surface area contributed by atoms with E-state index < -0.39 is 0 Å². The Labute approximate surface area is 114 Å². The summed E-state index contributed by atoms with van der Waals surface area (Å²) in [5.74, 6) is 0.865. The number of hydrogen-bond acceptors (Lipinski definition) is 4. The summed E-state index contributed by atoms with van der Waals surface area (Å²) in [5.41, 5.74) is 1.16. The molecule has 2 rings (SSSR count). The van der Waals surface area contributed by atoms with E-state index in [1.54, 1.807) is 0 Å². The summed E-state index contributed by atoms with van der Waals surface area (Å²) in [6, 6.07) is 7.99. The first-order valence-corrected chi connectivity index (χ1v) is 6.86. The third kappa shape index (κ3) is 3.26. The van der Waals surface area contributed by atoms with Crippen LogP contribution in [0.4, 0.5) is 0 Å². The van der Waals surface area contributed by atoms with Gasteiger partial charge in [0, 0.05) is 19.0 Å². The Morgan fingerprint density at radius 1 is 1.21 bits per heavy atom. The van der Waals surface area contributed by atoms with Gasteiger partial charge < -0.3 is 14.8 Å². The number of benzene rings is 1. The topological polar surface area (TPSA) is 47.6 Å². The maximum absolute atomic E-state index is 11.9. The van der Waals surface area contributed by atoms with Crippen molar-refractivity contribution in [2.45, 2.75) is 19.8 Å². The average molecular weight is 263 g/mol. The molecular weight excluding hydrogens is 242 g/mol. The van der Waals surface area contributed by atoms with Crippen LogP contribution < -0.4 is 10.1 Å². The summed E-state index contributed by atoms with van der Waals surface area (Å²) in [6.07, 6.45) is 0. The van der Waals surface area contributed by atoms with Gasteiger partial charge in [0.1, 0.15) is 5.75 Å². The minimum Gasteiger partial charge on any atom is -0.494 e. The molecule has 0 radical (unpaired) electrons. The molecule has 1 N–H and O–H groups in total. The summed E-state index contributed by atoms with van der Waals surface area (Å²) in [7, 11) is 0. The van der Waals surface area contributed by atoms with Crippen LogP contribution in [0.2, 0.25) is 0 Å². The number of esters is 1. The Morgan fingerprint density at radius 2 is 1.95 bits per heavy atom. The van der Waals surface area contributed by atoms with Crippen LogP contribution in [0.25, 0.3) is 0 Å². The number of ether oxygens (including phenoxy) is 2. The molecule has 2 atom stereocenters. The molecule has 0 unspecified atom stereocenters. The number of rotatable bonds is 5. The lowest BCUT2D eigenvalue weighted by Gasteiger charge is -2.17. The van der Waals surface area contributed by atoms with E-state index in [-0.39, 0.29) is 17.8 Å². The first-order valence-electron chi connectivity index (χ1n) is 6.86. The molecule has 0 saturated carbocycles. The molecule has 4 nitrogen and oxygen atoms in total. The van der Waals surface area contributed by atoms with E-state index in [0.717, 1.165) is 17.9 Å². The highest BCUT2D eigenvalue weighted by Crippen LogP contribution is 2.30. The van der Waals surface area contributed by atoms with Crippen molar-refractivity contribution < 1.29 is 14.3 Å². The normalized spacial score (nSPS) is 22.2. The van der Waals surface area contributed by atoms with Gasteiger partial charge in [0.25, 0.3) is 0 Å². The SMILES string of the molecule is CCOC(=O)[C@@H]1CNC[C@H]1c1ccc(OCC)cc1. The summed E-state index contributed by atoms with van der Waals surface area (Å²) in [6.45, 7) is 6.41. The van der Waals surface area contributed by atoms with Gasteiger partial charge in [0.2, 0.25) is 0 Å². The van der Waals surface area contributed by atoms with Crippen LogP contribution in [0, 0.1) is 5.92 Å². The monoisotopic (exact) mass is 263 g/mol. The van der Waals surface area contributed by atoms with E-state index in [0.29, 0.717) is 19.8 Å². The molecule has 0 bridgehead atoms. The van der Waals surface area contributed by atoms with Gasteiger partial charge in [-0.1, -0.05) is 12.1 Å². The number of nitrogens with one attached hydrogen (secondary N) is 1. The molecule has 1 fully saturated rings. The Hall–Kier alpha value is -1.55. The maximum atomic E-state index is 11.9. The van der Waals surface area contributed by atoms with Crippen molar-refractivity contribution in [1.82, 2.24) is 5.32 Å². The van der Waals surface area contributed by atoms with E-state index >= 15 is 0 Å². The Bertz CT molecular complexity index is 416. The lowest BCUT2D eigenvalue weighted by molar-refractivity contribution is -0.147. The fraction of sp³-hybridized carbons (Fsp3) is 0.533. The fourth-order valence-electron chi connectivity index (χ4n) is 2.50. The van der Waals surface area contributed by atoms with Crippen molar-refractivity contribution in [2.75, 3.05) is 26.3 Å². The minimum absolute atomic E-state index is 0.0853. The van der Waals surface area contributed by atoms with Crippen LogP contribution >= 0.6 is 0 Å². The van der Waals surface area contributed by atoms with Gasteiger partial charge in [-0.25, -0.2) is 0 Å². The fourth-order valence-corrected chi connectivity index (χ4v) is 2.50. The predicted molar refractivity (Wildman–Crippen MR) is 73.3 cm³/mol. The zero-order valence-electron chi connectivity index (χ0n) is 11.5. The molecule has 1 aliphatic heterocycles. The van der Waals surface area contributed by atoms with E-state index in [2.05, 4.69) is 5.32 Å². The van der Waals surface area contributed by atoms with Crippen LogP contribution in [0.15, 0.2) is 24.3 Å². The number of hydrogen-bond donors (Lipinski definition) is 1. The Kier molecular flexibility index (Phi) is 4.80. The van der Waals surface area contributed by atoms with Gasteiger partial charge in [-0.2, -0.15) is 0 Å². The average Bonchev–Trinajstić information content (AvgIpc) is 2.89. The molecule has 4 heteroatoms. The molecule has 19 heavy (non-hydrogen) atoms. The Morgan fingerprint density at radius 3 is 2.58 bits per heavy atom. The van der Waals surface area contributed by atoms with Crippen molar-refractivity contribution >= 4 is 5.97 Å². The summed E-state index contributed by atoms with van der Waals surface area (Å²) >= 11 is 0. The van der Waals surface area contributed by atoms with Crippen LogP contribution in [0.5, 0.6) is 5.75 Å². The van der Waals surface area contributed by atoms with E-state index in [9.17, 15) is 4.79 Å². The summed E-state index contributed by atoms with van der Waals surface area (Å²) in [4.78, 5) is 11.9. The smallest absolute Gasteiger partial charge is 0.310 e. The largest absolute Gasteiger partial charge is 0.494 e. The summed E-state index contributed by atoms with van der Waals surface area (Å²) in [5, 5.41) is 3.27. The highest BCUT2D eigenvalue weighted by atomic mass is 16.5. The molecule has 1 aromatic carbocycles. The molecule has 0 aliphatic carbocycles. The molecule has 1 aliphatic rings. The van der Waals surface area contributed by atoms with Crippen LogP contribution in [-0.4, -0.2) is 32.3 Å². The molecule has 0 amide bonds. The third-order valence-electron chi connectivity index (χ3n) is 3.42.